The summed E-state index contributed by atoms with van der Waals surface area (Å²) in [7, 11) is 0. The summed E-state index contributed by atoms with van der Waals surface area (Å²) >= 11 is 13.2. The number of hydrogen-bond acceptors (Lipinski definition) is 4. The molecule has 0 fully saturated rings. The molecule has 5 nitrogen and oxygen atoms in total. The van der Waals surface area contributed by atoms with Gasteiger partial charge in [-0.05, 0) is 86.8 Å². The highest BCUT2D eigenvalue weighted by Crippen LogP contribution is 2.35. The first-order valence-corrected chi connectivity index (χ1v) is 11.4. The highest BCUT2D eigenvalue weighted by Gasteiger charge is 2.10. The first kappa shape index (κ1) is 23.3. The van der Waals surface area contributed by atoms with E-state index in [1.165, 1.54) is 0 Å². The lowest BCUT2D eigenvalue weighted by molar-refractivity contribution is 0.0955. The molecule has 0 unspecified atom stereocenters. The number of amides is 1. The quantitative estimate of drug-likeness (QED) is 0.247. The number of benzene rings is 3. The van der Waals surface area contributed by atoms with Gasteiger partial charge in [-0.3, -0.25) is 4.79 Å². The van der Waals surface area contributed by atoms with Crippen LogP contribution in [-0.4, -0.2) is 18.7 Å². The third-order valence-electron chi connectivity index (χ3n) is 4.16. The zero-order valence-electron chi connectivity index (χ0n) is 16.6. The zero-order chi connectivity index (χ0) is 22.2. The van der Waals surface area contributed by atoms with Crippen LogP contribution in [0.15, 0.2) is 74.7 Å². The number of ether oxygens (including phenoxy) is 2. The molecule has 160 valence electrons. The summed E-state index contributed by atoms with van der Waals surface area (Å²) in [5, 5.41) is 4.69. The third kappa shape index (κ3) is 6.56. The average molecular weight is 567 g/mol. The van der Waals surface area contributed by atoms with E-state index in [2.05, 4.69) is 42.4 Å². The maximum Gasteiger partial charge on any atom is 0.271 e. The van der Waals surface area contributed by atoms with Crippen molar-refractivity contribution in [3.63, 3.8) is 0 Å². The Balaban J connectivity index is 1.62. The molecule has 0 saturated carbocycles. The summed E-state index contributed by atoms with van der Waals surface area (Å²) in [4.78, 5) is 12.2. The smallest absolute Gasteiger partial charge is 0.271 e. The van der Waals surface area contributed by atoms with Crippen molar-refractivity contribution < 1.29 is 14.3 Å². The molecule has 3 rings (SSSR count). The molecule has 1 amide bonds. The Morgan fingerprint density at radius 1 is 1.06 bits per heavy atom. The first-order chi connectivity index (χ1) is 15.0. The topological polar surface area (TPSA) is 59.9 Å². The number of carbonyl (C=O) groups is 1. The minimum atomic E-state index is -0.308. The summed E-state index contributed by atoms with van der Waals surface area (Å²) in [5.74, 6) is 1.06. The van der Waals surface area contributed by atoms with Gasteiger partial charge in [-0.2, -0.15) is 5.10 Å². The van der Waals surface area contributed by atoms with Crippen LogP contribution in [0, 0.1) is 0 Å². The third-order valence-corrected chi connectivity index (χ3v) is 5.70. The first-order valence-electron chi connectivity index (χ1n) is 9.39. The van der Waals surface area contributed by atoms with E-state index in [0.717, 1.165) is 20.1 Å². The second-order valence-electron chi connectivity index (χ2n) is 6.35. The maximum atomic E-state index is 12.2. The van der Waals surface area contributed by atoms with Crippen LogP contribution in [0.5, 0.6) is 11.5 Å². The van der Waals surface area contributed by atoms with E-state index >= 15 is 0 Å². The highest BCUT2D eigenvalue weighted by molar-refractivity contribution is 9.11. The monoisotopic (exact) mass is 564 g/mol. The molecule has 0 radical (unpaired) electrons. The molecule has 31 heavy (non-hydrogen) atoms. The molecule has 0 aliphatic rings. The molecule has 0 atom stereocenters. The molecular formula is C23H19Br2ClN2O3. The minimum Gasteiger partial charge on any atom is -0.494 e. The lowest BCUT2D eigenvalue weighted by atomic mass is 10.2. The fraction of sp³-hybridized carbons (Fsp3) is 0.130. The van der Waals surface area contributed by atoms with Crippen LogP contribution >= 0.6 is 43.5 Å². The molecular weight excluding hydrogens is 548 g/mol. The molecule has 3 aromatic rings. The number of hydrazone groups is 1. The Labute approximate surface area is 202 Å². The molecule has 0 aliphatic carbocycles. The summed E-state index contributed by atoms with van der Waals surface area (Å²) < 4.78 is 12.8. The van der Waals surface area contributed by atoms with Crippen LogP contribution in [0.3, 0.4) is 0 Å². The summed E-state index contributed by atoms with van der Waals surface area (Å²) in [6, 6.07) is 18.1. The molecule has 8 heteroatoms. The zero-order valence-corrected chi connectivity index (χ0v) is 20.5. The van der Waals surface area contributed by atoms with Crippen molar-refractivity contribution in [3.8, 4) is 11.5 Å². The van der Waals surface area contributed by atoms with Crippen LogP contribution in [-0.2, 0) is 6.61 Å². The number of nitrogens with one attached hydrogen (secondary N) is 1. The van der Waals surface area contributed by atoms with Gasteiger partial charge in [0.05, 0.1) is 21.8 Å². The van der Waals surface area contributed by atoms with Gasteiger partial charge < -0.3 is 9.47 Å². The van der Waals surface area contributed by atoms with Crippen molar-refractivity contribution in [2.75, 3.05) is 6.61 Å². The Bertz CT molecular complexity index is 1070. The molecule has 0 bridgehead atoms. The summed E-state index contributed by atoms with van der Waals surface area (Å²) in [6.07, 6.45) is 1.56. The van der Waals surface area contributed by atoms with Gasteiger partial charge in [0.15, 0.2) is 0 Å². The van der Waals surface area contributed by atoms with Crippen molar-refractivity contribution in [3.05, 3.63) is 91.3 Å². The number of nitrogens with zero attached hydrogens (tertiary/aromatic N) is 1. The predicted octanol–water partition coefficient (Wildman–Crippen LogP) is 6.61. The molecule has 0 aromatic heterocycles. The van der Waals surface area contributed by atoms with E-state index in [-0.39, 0.29) is 5.91 Å². The van der Waals surface area contributed by atoms with Gasteiger partial charge in [-0.15, -0.1) is 0 Å². The van der Waals surface area contributed by atoms with E-state index in [1.54, 1.807) is 30.5 Å². The standard InChI is InChI=1S/C23H19Br2ClN2O3/c1-2-30-18-9-7-16(8-10-18)23(29)28-27-13-15-11-19(24)22(20(25)12-15)31-14-17-5-3-4-6-21(17)26/h3-13H,2,14H2,1H3,(H,28,29)/b27-13+. The van der Waals surface area contributed by atoms with Crippen molar-refractivity contribution >= 4 is 55.6 Å². The SMILES string of the molecule is CCOc1ccc(C(=O)N/N=C/c2cc(Br)c(OCc3ccccc3Cl)c(Br)c2)cc1. The normalized spacial score (nSPS) is 10.8. The molecule has 0 spiro atoms. The van der Waals surface area contributed by atoms with Crippen LogP contribution < -0.4 is 14.9 Å². The van der Waals surface area contributed by atoms with Gasteiger partial charge in [-0.25, -0.2) is 5.43 Å². The number of hydrogen-bond donors (Lipinski definition) is 1. The molecule has 0 saturated heterocycles. The predicted molar refractivity (Wildman–Crippen MR) is 130 cm³/mol. The van der Waals surface area contributed by atoms with E-state index < -0.39 is 0 Å². The fourth-order valence-electron chi connectivity index (χ4n) is 2.66. The van der Waals surface area contributed by atoms with Crippen molar-refractivity contribution in [2.24, 2.45) is 5.10 Å². The van der Waals surface area contributed by atoms with Crippen LogP contribution in [0.1, 0.15) is 28.4 Å². The second kappa shape index (κ2) is 11.3. The van der Waals surface area contributed by atoms with Gasteiger partial charge in [0.25, 0.3) is 5.91 Å². The molecule has 1 N–H and O–H groups in total. The van der Waals surface area contributed by atoms with Gasteiger partial charge in [0.1, 0.15) is 18.1 Å². The molecule has 0 aliphatic heterocycles. The summed E-state index contributed by atoms with van der Waals surface area (Å²) in [6.45, 7) is 2.82. The van der Waals surface area contributed by atoms with Gasteiger partial charge in [-0.1, -0.05) is 29.8 Å². The Hall–Kier alpha value is -2.35. The molecule has 3 aromatic carbocycles. The van der Waals surface area contributed by atoms with Gasteiger partial charge in [0, 0.05) is 16.1 Å². The summed E-state index contributed by atoms with van der Waals surface area (Å²) in [5.41, 5.74) is 4.68. The van der Waals surface area contributed by atoms with E-state index in [9.17, 15) is 4.79 Å². The van der Waals surface area contributed by atoms with Gasteiger partial charge >= 0.3 is 0 Å². The maximum absolute atomic E-state index is 12.2. The minimum absolute atomic E-state index is 0.308. The lowest BCUT2D eigenvalue weighted by Gasteiger charge is -2.12. The number of rotatable bonds is 8. The van der Waals surface area contributed by atoms with Crippen molar-refractivity contribution in [2.45, 2.75) is 13.5 Å². The van der Waals surface area contributed by atoms with E-state index in [1.807, 2.05) is 43.3 Å². The number of carbonyl (C=O) groups excluding carboxylic acids is 1. The van der Waals surface area contributed by atoms with Crippen molar-refractivity contribution in [1.29, 1.82) is 0 Å². The van der Waals surface area contributed by atoms with Crippen LogP contribution in [0.25, 0.3) is 0 Å². The largest absolute Gasteiger partial charge is 0.494 e. The molecule has 0 heterocycles. The highest BCUT2D eigenvalue weighted by atomic mass is 79.9. The fourth-order valence-corrected chi connectivity index (χ4v) is 4.30. The lowest BCUT2D eigenvalue weighted by Crippen LogP contribution is -2.17. The Kier molecular flexibility index (Phi) is 8.51. The van der Waals surface area contributed by atoms with Crippen LogP contribution in [0.2, 0.25) is 5.02 Å². The Morgan fingerprint density at radius 3 is 2.39 bits per heavy atom. The van der Waals surface area contributed by atoms with Crippen molar-refractivity contribution in [1.82, 2.24) is 5.43 Å². The average Bonchev–Trinajstić information content (AvgIpc) is 2.75. The van der Waals surface area contributed by atoms with Crippen LogP contribution in [0.4, 0.5) is 0 Å². The second-order valence-corrected chi connectivity index (χ2v) is 8.47. The van der Waals surface area contributed by atoms with E-state index in [4.69, 9.17) is 21.1 Å². The van der Waals surface area contributed by atoms with Gasteiger partial charge in [0.2, 0.25) is 0 Å². The van der Waals surface area contributed by atoms with E-state index in [0.29, 0.717) is 35.3 Å². The Morgan fingerprint density at radius 2 is 1.74 bits per heavy atom. The number of halogens is 3.